The van der Waals surface area contributed by atoms with Crippen molar-refractivity contribution in [3.8, 4) is 17.7 Å². The molecule has 3 aromatic heterocycles. The predicted molar refractivity (Wildman–Crippen MR) is 164 cm³/mol. The maximum atomic E-state index is 14.2. The molecule has 0 spiro atoms. The summed E-state index contributed by atoms with van der Waals surface area (Å²) in [5.41, 5.74) is 3.43. The molecule has 0 unspecified atom stereocenters. The van der Waals surface area contributed by atoms with Crippen LogP contribution in [-0.4, -0.2) is 66.2 Å². The lowest BCUT2D eigenvalue weighted by Gasteiger charge is -2.31. The van der Waals surface area contributed by atoms with E-state index in [-0.39, 0.29) is 30.0 Å². The van der Waals surface area contributed by atoms with Gasteiger partial charge in [-0.3, -0.25) is 4.90 Å². The summed E-state index contributed by atoms with van der Waals surface area (Å²) >= 11 is 0. The van der Waals surface area contributed by atoms with Gasteiger partial charge in [0.1, 0.15) is 18.5 Å². The number of aryl methyl sites for hydroxylation is 1. The maximum absolute atomic E-state index is 14.2. The van der Waals surface area contributed by atoms with Crippen LogP contribution in [0.1, 0.15) is 53.0 Å². The number of imidazole rings is 2. The monoisotopic (exact) mass is 624 g/mol. The molecular weight excluding hydrogens is 591 g/mol. The molecule has 0 saturated carbocycles. The smallest absolute Gasteiger partial charge is 0.337 e. The number of likely N-dealkylation sites (tertiary alicyclic amines) is 1. The molecule has 1 aliphatic rings. The summed E-state index contributed by atoms with van der Waals surface area (Å²) < 4.78 is 35.1. The number of methoxy groups -OCH3 is 1. The first-order chi connectivity index (χ1) is 22.4. The lowest BCUT2D eigenvalue weighted by atomic mass is 10.1. The Labute approximate surface area is 265 Å². The Morgan fingerprint density at radius 3 is 2.72 bits per heavy atom. The highest BCUT2D eigenvalue weighted by atomic mass is 19.1. The molecule has 4 heterocycles. The summed E-state index contributed by atoms with van der Waals surface area (Å²) in [4.78, 5) is 32.6. The Hall–Kier alpha value is -5.35. The minimum atomic E-state index is -0.618. The number of rotatable bonds is 11. The Morgan fingerprint density at radius 1 is 1.11 bits per heavy atom. The molecular formula is C33H33FN8O4. The third-order valence-corrected chi connectivity index (χ3v) is 7.99. The van der Waals surface area contributed by atoms with Gasteiger partial charge in [-0.25, -0.2) is 24.1 Å². The predicted octanol–water partition coefficient (Wildman–Crippen LogP) is 4.51. The maximum Gasteiger partial charge on any atom is 0.337 e. The third-order valence-electron chi connectivity index (χ3n) is 7.99. The van der Waals surface area contributed by atoms with Crippen molar-refractivity contribution in [2.45, 2.75) is 52.1 Å². The highest BCUT2D eigenvalue weighted by Crippen LogP contribution is 2.24. The number of hydrogen-bond donors (Lipinski definition) is 0. The molecule has 0 amide bonds. The molecule has 0 atom stereocenters. The molecule has 12 nitrogen and oxygen atoms in total. The number of ether oxygens (including phenoxy) is 3. The second kappa shape index (κ2) is 13.7. The first-order valence-electron chi connectivity index (χ1n) is 15.0. The molecule has 5 aromatic rings. The average Bonchev–Trinajstić information content (AvgIpc) is 3.68. The fourth-order valence-electron chi connectivity index (χ4n) is 5.54. The number of nitriles is 1. The van der Waals surface area contributed by atoms with Crippen molar-refractivity contribution in [3.05, 3.63) is 95.5 Å². The van der Waals surface area contributed by atoms with Gasteiger partial charge in [0, 0.05) is 38.1 Å². The second-order valence-electron chi connectivity index (χ2n) is 10.9. The van der Waals surface area contributed by atoms with Crippen molar-refractivity contribution < 1.29 is 23.4 Å². The summed E-state index contributed by atoms with van der Waals surface area (Å²) in [6.45, 7) is 5.64. The number of fused-ring (bicyclic) bond motifs is 1. The molecule has 1 saturated heterocycles. The Kier molecular flexibility index (Phi) is 9.16. The van der Waals surface area contributed by atoms with Gasteiger partial charge in [-0.05, 0) is 56.2 Å². The Bertz CT molecular complexity index is 1890. The van der Waals surface area contributed by atoms with Crippen molar-refractivity contribution >= 4 is 17.0 Å². The van der Waals surface area contributed by atoms with Crippen LogP contribution in [0.25, 0.3) is 11.0 Å². The number of nitrogens with zero attached hydrogens (tertiary/aromatic N) is 8. The molecule has 13 heteroatoms. The van der Waals surface area contributed by atoms with Crippen LogP contribution >= 0.6 is 0 Å². The number of piperidine rings is 1. The van der Waals surface area contributed by atoms with E-state index in [2.05, 4.69) is 35.9 Å². The van der Waals surface area contributed by atoms with Gasteiger partial charge in [-0.15, -0.1) is 0 Å². The third kappa shape index (κ3) is 6.82. The van der Waals surface area contributed by atoms with Gasteiger partial charge < -0.3 is 23.3 Å². The Morgan fingerprint density at radius 2 is 1.96 bits per heavy atom. The summed E-state index contributed by atoms with van der Waals surface area (Å²) in [5.74, 6) is 0.710. The van der Waals surface area contributed by atoms with Crippen molar-refractivity contribution in [2.75, 3.05) is 20.2 Å². The number of carbonyl (C=O) groups is 1. The summed E-state index contributed by atoms with van der Waals surface area (Å²) in [6.07, 6.45) is 6.83. The molecule has 6 rings (SSSR count). The van der Waals surface area contributed by atoms with E-state index >= 15 is 0 Å². The van der Waals surface area contributed by atoms with Gasteiger partial charge in [0.05, 0.1) is 60.5 Å². The van der Waals surface area contributed by atoms with E-state index < -0.39 is 5.82 Å². The highest BCUT2D eigenvalue weighted by molar-refractivity contribution is 5.93. The zero-order chi connectivity index (χ0) is 32.0. The SMILES string of the molecule is CCn1cncc1Cn1c(CN2CCC(Oc3ccnc(COc4ccc(C#N)cc4F)n3)CC2)nc2ccc(C(=O)OC)cc21. The van der Waals surface area contributed by atoms with Gasteiger partial charge in [0.25, 0.3) is 0 Å². The molecule has 0 N–H and O–H groups in total. The summed E-state index contributed by atoms with van der Waals surface area (Å²) in [6, 6.07) is 13.1. The lowest BCUT2D eigenvalue weighted by Crippen LogP contribution is -2.38. The van der Waals surface area contributed by atoms with Crippen LogP contribution in [0.4, 0.5) is 4.39 Å². The van der Waals surface area contributed by atoms with E-state index in [9.17, 15) is 9.18 Å². The average molecular weight is 625 g/mol. The molecule has 0 bridgehead atoms. The number of esters is 1. The van der Waals surface area contributed by atoms with Gasteiger partial charge in [0.2, 0.25) is 5.88 Å². The molecule has 2 aromatic carbocycles. The minimum Gasteiger partial charge on any atom is -0.483 e. The number of halogens is 1. The van der Waals surface area contributed by atoms with Crippen LogP contribution < -0.4 is 9.47 Å². The minimum absolute atomic E-state index is 0.0229. The summed E-state index contributed by atoms with van der Waals surface area (Å²) in [5, 5.41) is 8.92. The van der Waals surface area contributed by atoms with Crippen LogP contribution in [-0.2, 0) is 31.0 Å². The first-order valence-corrected chi connectivity index (χ1v) is 15.0. The van der Waals surface area contributed by atoms with Gasteiger partial charge in [-0.2, -0.15) is 10.2 Å². The molecule has 236 valence electrons. The lowest BCUT2D eigenvalue weighted by molar-refractivity contribution is 0.0601. The standard InChI is InChI=1S/C33H33FN8O4/c1-3-41-21-36-17-24(41)18-42-28-15-23(33(43)44-2)5-6-27(28)38-31(42)19-40-12-9-25(10-13-40)46-32-8-11-37-30(39-32)20-45-29-7-4-22(16-35)14-26(29)34/h4-8,11,14-15,17,21,25H,3,9-10,12-13,18-20H2,1-2H3. The van der Waals surface area contributed by atoms with Gasteiger partial charge in [-0.1, -0.05) is 0 Å². The number of benzene rings is 2. The molecule has 1 aliphatic heterocycles. The topological polar surface area (TPSA) is 133 Å². The van der Waals surface area contributed by atoms with E-state index in [0.717, 1.165) is 61.1 Å². The van der Waals surface area contributed by atoms with E-state index in [1.54, 1.807) is 18.3 Å². The largest absolute Gasteiger partial charge is 0.483 e. The van der Waals surface area contributed by atoms with Crippen molar-refractivity contribution in [2.24, 2.45) is 0 Å². The molecule has 46 heavy (non-hydrogen) atoms. The zero-order valence-electron chi connectivity index (χ0n) is 25.6. The Balaban J connectivity index is 1.10. The van der Waals surface area contributed by atoms with E-state index in [4.69, 9.17) is 24.5 Å². The number of aromatic nitrogens is 6. The fraction of sp³-hybridized carbons (Fsp3) is 0.333. The molecule has 1 fully saturated rings. The van der Waals surface area contributed by atoms with Crippen molar-refractivity contribution in [1.29, 1.82) is 5.26 Å². The van der Waals surface area contributed by atoms with Crippen LogP contribution in [0.15, 0.2) is 61.2 Å². The molecule has 0 radical (unpaired) electrons. The number of hydrogen-bond acceptors (Lipinski definition) is 10. The fourth-order valence-corrected chi connectivity index (χ4v) is 5.54. The van der Waals surface area contributed by atoms with Crippen molar-refractivity contribution in [1.82, 2.24) is 34.0 Å². The second-order valence-corrected chi connectivity index (χ2v) is 10.9. The van der Waals surface area contributed by atoms with Crippen LogP contribution in [0, 0.1) is 17.1 Å². The van der Waals surface area contributed by atoms with Crippen LogP contribution in [0.5, 0.6) is 11.6 Å². The van der Waals surface area contributed by atoms with E-state index in [1.807, 2.05) is 30.7 Å². The molecule has 0 aliphatic carbocycles. The number of carbonyl (C=O) groups excluding carboxylic acids is 1. The zero-order valence-corrected chi connectivity index (χ0v) is 25.6. The highest BCUT2D eigenvalue weighted by Gasteiger charge is 2.24. The van der Waals surface area contributed by atoms with Crippen LogP contribution in [0.2, 0.25) is 0 Å². The van der Waals surface area contributed by atoms with E-state index in [0.29, 0.717) is 30.4 Å². The normalized spacial score (nSPS) is 13.9. The van der Waals surface area contributed by atoms with Gasteiger partial charge >= 0.3 is 5.97 Å². The van der Waals surface area contributed by atoms with E-state index in [1.165, 1.54) is 19.2 Å². The first kappa shape index (κ1) is 30.7. The van der Waals surface area contributed by atoms with Gasteiger partial charge in [0.15, 0.2) is 17.4 Å². The summed E-state index contributed by atoms with van der Waals surface area (Å²) in [7, 11) is 1.38. The van der Waals surface area contributed by atoms with Crippen LogP contribution in [0.3, 0.4) is 0 Å². The quantitative estimate of drug-likeness (QED) is 0.193. The van der Waals surface area contributed by atoms with Crippen molar-refractivity contribution in [3.63, 3.8) is 0 Å².